The maximum atomic E-state index is 14.0. The molecule has 0 spiro atoms. The van der Waals surface area contributed by atoms with Crippen molar-refractivity contribution < 1.29 is 28.2 Å². The van der Waals surface area contributed by atoms with Crippen LogP contribution in [0, 0.1) is 11.6 Å². The van der Waals surface area contributed by atoms with Crippen molar-refractivity contribution in [2.24, 2.45) is 4.99 Å². The van der Waals surface area contributed by atoms with E-state index in [-0.39, 0.29) is 25.1 Å². The highest BCUT2D eigenvalue weighted by Crippen LogP contribution is 2.32. The van der Waals surface area contributed by atoms with Crippen LogP contribution in [0.25, 0.3) is 0 Å². The average molecular weight is 510 g/mol. The number of benzene rings is 3. The molecule has 2 atom stereocenters. The quantitative estimate of drug-likeness (QED) is 0.271. The number of nitrogens with one attached hydrogen (secondary N) is 2. The van der Waals surface area contributed by atoms with Gasteiger partial charge in [-0.05, 0) is 55.0 Å². The molecule has 1 heterocycles. The molecule has 9 heteroatoms. The lowest BCUT2D eigenvalue weighted by atomic mass is 9.86. The van der Waals surface area contributed by atoms with E-state index in [4.69, 9.17) is 19.6 Å². The van der Waals surface area contributed by atoms with Gasteiger partial charge in [-0.3, -0.25) is 10.2 Å². The molecule has 3 aromatic rings. The summed E-state index contributed by atoms with van der Waals surface area (Å²) in [6.07, 6.45) is 0.185. The third kappa shape index (κ3) is 6.31. The number of carbonyl (C=O) groups excluding carboxylic acids is 1. The predicted molar refractivity (Wildman–Crippen MR) is 135 cm³/mol. The normalized spacial score (nSPS) is 18.7. The van der Waals surface area contributed by atoms with E-state index in [9.17, 15) is 13.6 Å². The number of halogens is 2. The zero-order chi connectivity index (χ0) is 26.3. The summed E-state index contributed by atoms with van der Waals surface area (Å²) in [6.45, 7) is 2.12. The summed E-state index contributed by atoms with van der Waals surface area (Å²) in [5.74, 6) is -0.645. The van der Waals surface area contributed by atoms with Gasteiger partial charge < -0.3 is 14.6 Å². The van der Waals surface area contributed by atoms with Crippen molar-refractivity contribution in [1.82, 2.24) is 10.9 Å². The molecule has 3 aromatic carbocycles. The van der Waals surface area contributed by atoms with Crippen molar-refractivity contribution in [3.05, 3.63) is 101 Å². The maximum absolute atomic E-state index is 14.0. The number of aliphatic imine (C=N–C) groups is 1. The summed E-state index contributed by atoms with van der Waals surface area (Å²) in [7, 11) is 0. The Bertz CT molecular complexity index is 1240. The minimum absolute atomic E-state index is 0.0538. The number of carbonyl (C=O) groups is 1. The van der Waals surface area contributed by atoms with E-state index in [1.54, 1.807) is 31.2 Å². The van der Waals surface area contributed by atoms with Gasteiger partial charge in [-0.25, -0.2) is 19.2 Å². The Morgan fingerprint density at radius 3 is 2.59 bits per heavy atom. The van der Waals surface area contributed by atoms with Crippen LogP contribution >= 0.6 is 0 Å². The highest BCUT2D eigenvalue weighted by molar-refractivity contribution is 6.00. The van der Waals surface area contributed by atoms with Crippen molar-refractivity contribution in [2.45, 2.75) is 38.0 Å². The number of ether oxygens (including phenoxy) is 2. The van der Waals surface area contributed by atoms with Crippen LogP contribution in [0.1, 0.15) is 30.0 Å². The van der Waals surface area contributed by atoms with Gasteiger partial charge in [0.05, 0.1) is 6.61 Å². The largest absolute Gasteiger partial charge is 0.494 e. The van der Waals surface area contributed by atoms with Gasteiger partial charge in [-0.15, -0.1) is 0 Å². The lowest BCUT2D eigenvalue weighted by Crippen LogP contribution is -2.55. The minimum Gasteiger partial charge on any atom is -0.494 e. The smallest absolute Gasteiger partial charge is 0.266 e. The minimum atomic E-state index is -1.31. The first-order valence-corrected chi connectivity index (χ1v) is 12.0. The van der Waals surface area contributed by atoms with Crippen LogP contribution in [0.5, 0.6) is 5.75 Å². The molecule has 194 valence electrons. The Morgan fingerprint density at radius 1 is 1.11 bits per heavy atom. The summed E-state index contributed by atoms with van der Waals surface area (Å²) in [5.41, 5.74) is 5.66. The SMILES string of the molecule is C[C@@H]1OC(c2ccc(OCCCO)cc2)=N[C@]1(Cc1ccccc1)C(=O)NNCc1cc(F)ccc1F. The topological polar surface area (TPSA) is 92.2 Å². The molecule has 0 saturated heterocycles. The van der Waals surface area contributed by atoms with Crippen molar-refractivity contribution in [2.75, 3.05) is 13.2 Å². The van der Waals surface area contributed by atoms with Gasteiger partial charge in [0.2, 0.25) is 5.90 Å². The molecule has 1 aliphatic heterocycles. The Hall–Kier alpha value is -3.82. The molecule has 1 amide bonds. The van der Waals surface area contributed by atoms with Gasteiger partial charge >= 0.3 is 0 Å². The maximum Gasteiger partial charge on any atom is 0.266 e. The van der Waals surface area contributed by atoms with E-state index in [0.29, 0.717) is 30.2 Å². The number of hydrogen-bond donors (Lipinski definition) is 3. The number of hydrazine groups is 1. The van der Waals surface area contributed by atoms with Gasteiger partial charge in [0.25, 0.3) is 5.91 Å². The Labute approximate surface area is 214 Å². The first-order valence-electron chi connectivity index (χ1n) is 12.0. The second-order valence-electron chi connectivity index (χ2n) is 8.76. The summed E-state index contributed by atoms with van der Waals surface area (Å²) in [4.78, 5) is 18.3. The van der Waals surface area contributed by atoms with Crippen LogP contribution in [0.15, 0.2) is 77.8 Å². The highest BCUT2D eigenvalue weighted by Gasteiger charge is 2.50. The molecular formula is C28H29F2N3O4. The first kappa shape index (κ1) is 26.2. The van der Waals surface area contributed by atoms with Crippen LogP contribution in [0.4, 0.5) is 8.78 Å². The number of rotatable bonds is 11. The van der Waals surface area contributed by atoms with Gasteiger partial charge in [0, 0.05) is 37.1 Å². The Balaban J connectivity index is 1.55. The average Bonchev–Trinajstić information content (AvgIpc) is 3.24. The molecule has 0 fully saturated rings. The van der Waals surface area contributed by atoms with Gasteiger partial charge in [0.1, 0.15) is 23.5 Å². The number of nitrogens with zero attached hydrogens (tertiary/aromatic N) is 1. The summed E-state index contributed by atoms with van der Waals surface area (Å²) >= 11 is 0. The van der Waals surface area contributed by atoms with Crippen LogP contribution in [0.3, 0.4) is 0 Å². The lowest BCUT2D eigenvalue weighted by molar-refractivity contribution is -0.129. The Kier molecular flexibility index (Phi) is 8.47. The summed E-state index contributed by atoms with van der Waals surface area (Å²) < 4.78 is 39.1. The van der Waals surface area contributed by atoms with E-state index in [1.807, 2.05) is 30.3 Å². The van der Waals surface area contributed by atoms with E-state index in [0.717, 1.165) is 23.8 Å². The van der Waals surface area contributed by atoms with Crippen LogP contribution in [-0.2, 0) is 22.5 Å². The lowest BCUT2D eigenvalue weighted by Gasteiger charge is -2.28. The number of aliphatic hydroxyl groups excluding tert-OH is 1. The fourth-order valence-electron chi connectivity index (χ4n) is 4.06. The van der Waals surface area contributed by atoms with Gasteiger partial charge in [0.15, 0.2) is 5.54 Å². The zero-order valence-corrected chi connectivity index (χ0v) is 20.4. The van der Waals surface area contributed by atoms with Gasteiger partial charge in [-0.2, -0.15) is 0 Å². The second kappa shape index (κ2) is 11.9. The molecule has 37 heavy (non-hydrogen) atoms. The van der Waals surface area contributed by atoms with Crippen molar-refractivity contribution in [1.29, 1.82) is 0 Å². The van der Waals surface area contributed by atoms with Crippen molar-refractivity contribution >= 4 is 11.8 Å². The van der Waals surface area contributed by atoms with E-state index >= 15 is 0 Å². The number of amides is 1. The number of hydrogen-bond acceptors (Lipinski definition) is 6. The van der Waals surface area contributed by atoms with Gasteiger partial charge in [-0.1, -0.05) is 30.3 Å². The molecule has 3 N–H and O–H groups in total. The van der Waals surface area contributed by atoms with Crippen LogP contribution in [0.2, 0.25) is 0 Å². The monoisotopic (exact) mass is 509 g/mol. The third-order valence-corrected chi connectivity index (χ3v) is 6.13. The molecule has 0 aromatic heterocycles. The molecule has 0 aliphatic carbocycles. The Morgan fingerprint density at radius 2 is 1.86 bits per heavy atom. The zero-order valence-electron chi connectivity index (χ0n) is 20.4. The van der Waals surface area contributed by atoms with E-state index in [1.165, 1.54) is 0 Å². The predicted octanol–water partition coefficient (Wildman–Crippen LogP) is 3.69. The van der Waals surface area contributed by atoms with E-state index < -0.39 is 29.2 Å². The standard InChI is InChI=1S/C28H29F2N3O4/c1-19-28(17-20-6-3-2-4-7-20,27(35)33-31-18-22-16-23(29)10-13-25(22)30)32-26(37-19)21-8-11-24(12-9-21)36-15-5-14-34/h2-4,6-13,16,19,31,34H,5,14-15,17-18H2,1H3,(H,33,35)/t19-,28-/m0/s1. The molecular weight excluding hydrogens is 480 g/mol. The van der Waals surface area contributed by atoms with E-state index in [2.05, 4.69) is 10.9 Å². The molecule has 0 saturated carbocycles. The second-order valence-corrected chi connectivity index (χ2v) is 8.76. The van der Waals surface area contributed by atoms with Crippen molar-refractivity contribution in [3.63, 3.8) is 0 Å². The van der Waals surface area contributed by atoms with Crippen LogP contribution in [-0.4, -0.2) is 41.8 Å². The number of aliphatic hydroxyl groups is 1. The summed E-state index contributed by atoms with van der Waals surface area (Å²) in [5, 5.41) is 8.91. The first-order chi connectivity index (χ1) is 17.9. The summed E-state index contributed by atoms with van der Waals surface area (Å²) in [6, 6.07) is 19.7. The highest BCUT2D eigenvalue weighted by atomic mass is 19.1. The molecule has 0 bridgehead atoms. The molecule has 7 nitrogen and oxygen atoms in total. The van der Waals surface area contributed by atoms with Crippen molar-refractivity contribution in [3.8, 4) is 5.75 Å². The molecule has 0 radical (unpaired) electrons. The fraction of sp³-hybridized carbons (Fsp3) is 0.286. The fourth-order valence-corrected chi connectivity index (χ4v) is 4.06. The molecule has 1 aliphatic rings. The van der Waals surface area contributed by atoms with Crippen LogP contribution < -0.4 is 15.6 Å². The third-order valence-electron chi connectivity index (χ3n) is 6.13. The molecule has 4 rings (SSSR count). The molecule has 0 unspecified atom stereocenters.